The van der Waals surface area contributed by atoms with Crippen LogP contribution in [0.15, 0.2) is 42.9 Å². The number of hydrogen-bond acceptors (Lipinski definition) is 7. The van der Waals surface area contributed by atoms with Crippen molar-refractivity contribution in [2.75, 3.05) is 11.9 Å². The van der Waals surface area contributed by atoms with Crippen LogP contribution in [0.25, 0.3) is 11.1 Å². The molecule has 0 bridgehead atoms. The van der Waals surface area contributed by atoms with Gasteiger partial charge in [0, 0.05) is 42.0 Å². The molecular weight excluding hydrogens is 354 g/mol. The summed E-state index contributed by atoms with van der Waals surface area (Å²) in [5.41, 5.74) is 4.78. The lowest BCUT2D eigenvalue weighted by Gasteiger charge is -2.10. The molecule has 1 aromatic carbocycles. The monoisotopic (exact) mass is 377 g/mol. The maximum Gasteiger partial charge on any atom is 0.306 e. The van der Waals surface area contributed by atoms with E-state index in [1.165, 1.54) is 0 Å². The summed E-state index contributed by atoms with van der Waals surface area (Å²) in [5, 5.41) is 3.24. The summed E-state index contributed by atoms with van der Waals surface area (Å²) in [5.74, 6) is 0.945. The molecule has 7 nitrogen and oxygen atoms in total. The van der Waals surface area contributed by atoms with Gasteiger partial charge in [0.05, 0.1) is 13.0 Å². The average Bonchev–Trinajstić information content (AvgIpc) is 2.66. The van der Waals surface area contributed by atoms with Crippen LogP contribution in [0.3, 0.4) is 0 Å². The van der Waals surface area contributed by atoms with E-state index in [1.54, 1.807) is 25.5 Å². The fraction of sp³-hybridized carbons (Fsp3) is 0.286. The number of anilines is 2. The molecule has 0 aliphatic rings. The number of carbonyl (C=O) groups is 1. The predicted molar refractivity (Wildman–Crippen MR) is 107 cm³/mol. The van der Waals surface area contributed by atoms with Crippen LogP contribution in [-0.4, -0.2) is 32.5 Å². The zero-order valence-electron chi connectivity index (χ0n) is 16.3. The van der Waals surface area contributed by atoms with E-state index < -0.39 is 0 Å². The van der Waals surface area contributed by atoms with Crippen LogP contribution < -0.4 is 5.32 Å². The summed E-state index contributed by atoms with van der Waals surface area (Å²) >= 11 is 0. The number of aromatic nitrogens is 4. The van der Waals surface area contributed by atoms with E-state index in [1.807, 2.05) is 32.0 Å². The quantitative estimate of drug-likeness (QED) is 0.627. The first-order valence-electron chi connectivity index (χ1n) is 9.19. The highest BCUT2D eigenvalue weighted by Crippen LogP contribution is 2.25. The molecule has 2 heterocycles. The van der Waals surface area contributed by atoms with E-state index in [2.05, 4.69) is 31.3 Å². The predicted octanol–water partition coefficient (Wildman–Crippen LogP) is 3.79. The van der Waals surface area contributed by atoms with Gasteiger partial charge in [0.2, 0.25) is 5.95 Å². The standard InChI is InChI=1S/C21H23N5O2/c1-4-28-20(27)6-5-19-23-12-17(13-24-19)16-9-14(2)10-18(11-16)26-21-22-8-7-15(3)25-21/h7-13H,4-6H2,1-3H3,(H,22,25,26). The first-order chi connectivity index (χ1) is 13.5. The second-order valence-corrected chi connectivity index (χ2v) is 6.43. The van der Waals surface area contributed by atoms with Crippen LogP contribution in [0.4, 0.5) is 11.6 Å². The maximum atomic E-state index is 11.5. The van der Waals surface area contributed by atoms with E-state index in [4.69, 9.17) is 4.74 Å². The molecule has 0 amide bonds. The minimum atomic E-state index is -0.233. The minimum absolute atomic E-state index is 0.233. The zero-order valence-corrected chi connectivity index (χ0v) is 16.3. The number of rotatable bonds is 7. The van der Waals surface area contributed by atoms with Gasteiger partial charge in [0.25, 0.3) is 0 Å². The Morgan fingerprint density at radius 1 is 1.07 bits per heavy atom. The maximum absolute atomic E-state index is 11.5. The molecule has 0 saturated heterocycles. The van der Waals surface area contributed by atoms with E-state index >= 15 is 0 Å². The Bertz CT molecular complexity index is 957. The highest BCUT2D eigenvalue weighted by atomic mass is 16.5. The number of ether oxygens (including phenoxy) is 1. The van der Waals surface area contributed by atoms with Crippen LogP contribution in [0, 0.1) is 13.8 Å². The zero-order chi connectivity index (χ0) is 19.9. The molecule has 0 unspecified atom stereocenters. The number of esters is 1. The Labute approximate surface area is 164 Å². The van der Waals surface area contributed by atoms with Crippen molar-refractivity contribution in [3.63, 3.8) is 0 Å². The number of benzene rings is 1. The van der Waals surface area contributed by atoms with Crippen molar-refractivity contribution >= 4 is 17.6 Å². The van der Waals surface area contributed by atoms with E-state index in [0.717, 1.165) is 28.1 Å². The third-order valence-electron chi connectivity index (χ3n) is 4.03. The number of nitrogens with one attached hydrogen (secondary N) is 1. The molecule has 3 aromatic rings. The highest BCUT2D eigenvalue weighted by Gasteiger charge is 2.07. The number of carbonyl (C=O) groups excluding carboxylic acids is 1. The molecule has 0 aliphatic carbocycles. The van der Waals surface area contributed by atoms with Crippen molar-refractivity contribution in [3.05, 3.63) is 59.9 Å². The molecule has 0 aliphatic heterocycles. The van der Waals surface area contributed by atoms with Crippen LogP contribution in [0.2, 0.25) is 0 Å². The normalized spacial score (nSPS) is 10.5. The van der Waals surface area contributed by atoms with Gasteiger partial charge in [0.15, 0.2) is 0 Å². The summed E-state index contributed by atoms with van der Waals surface area (Å²) in [6, 6.07) is 7.96. The Kier molecular flexibility index (Phi) is 6.26. The lowest BCUT2D eigenvalue weighted by molar-refractivity contribution is -0.143. The molecule has 28 heavy (non-hydrogen) atoms. The van der Waals surface area contributed by atoms with Crippen LogP contribution in [0.1, 0.15) is 30.4 Å². The Hall–Kier alpha value is -3.35. The van der Waals surface area contributed by atoms with Gasteiger partial charge >= 0.3 is 5.97 Å². The Balaban J connectivity index is 1.74. The number of aryl methyl sites for hydroxylation is 3. The van der Waals surface area contributed by atoms with Gasteiger partial charge in [-0.1, -0.05) is 6.07 Å². The topological polar surface area (TPSA) is 89.9 Å². The molecule has 0 spiro atoms. The molecular formula is C21H23N5O2. The number of hydrogen-bond donors (Lipinski definition) is 1. The molecule has 0 atom stereocenters. The largest absolute Gasteiger partial charge is 0.466 e. The van der Waals surface area contributed by atoms with Crippen LogP contribution in [0.5, 0.6) is 0 Å². The first kappa shape index (κ1) is 19.4. The molecule has 144 valence electrons. The molecule has 0 radical (unpaired) electrons. The molecule has 7 heteroatoms. The van der Waals surface area contributed by atoms with Crippen molar-refractivity contribution in [3.8, 4) is 11.1 Å². The van der Waals surface area contributed by atoms with Gasteiger partial charge in [-0.05, 0) is 50.1 Å². The molecule has 2 aromatic heterocycles. The van der Waals surface area contributed by atoms with Crippen molar-refractivity contribution in [2.45, 2.75) is 33.6 Å². The van der Waals surface area contributed by atoms with Crippen LogP contribution in [-0.2, 0) is 16.0 Å². The fourth-order valence-corrected chi connectivity index (χ4v) is 2.74. The first-order valence-corrected chi connectivity index (χ1v) is 9.19. The number of nitrogens with zero attached hydrogens (tertiary/aromatic N) is 4. The Morgan fingerprint density at radius 3 is 2.57 bits per heavy atom. The Morgan fingerprint density at radius 2 is 1.86 bits per heavy atom. The third-order valence-corrected chi connectivity index (χ3v) is 4.03. The highest BCUT2D eigenvalue weighted by molar-refractivity contribution is 5.70. The molecule has 3 rings (SSSR count). The third kappa shape index (κ3) is 5.33. The summed E-state index contributed by atoms with van der Waals surface area (Å²) in [6.45, 7) is 6.13. The van der Waals surface area contributed by atoms with Gasteiger partial charge < -0.3 is 10.1 Å². The van der Waals surface area contributed by atoms with Crippen molar-refractivity contribution in [1.29, 1.82) is 0 Å². The van der Waals surface area contributed by atoms with Gasteiger partial charge in [-0.15, -0.1) is 0 Å². The van der Waals surface area contributed by atoms with Crippen LogP contribution >= 0.6 is 0 Å². The van der Waals surface area contributed by atoms with E-state index in [9.17, 15) is 4.79 Å². The molecule has 0 saturated carbocycles. The molecule has 0 fully saturated rings. The SMILES string of the molecule is CCOC(=O)CCc1ncc(-c2cc(C)cc(Nc3nccc(C)n3)c2)cn1. The lowest BCUT2D eigenvalue weighted by atomic mass is 10.1. The minimum Gasteiger partial charge on any atom is -0.466 e. The van der Waals surface area contributed by atoms with Gasteiger partial charge in [-0.3, -0.25) is 4.79 Å². The summed E-state index contributed by atoms with van der Waals surface area (Å²) in [6.07, 6.45) is 6.02. The second kappa shape index (κ2) is 9.03. The second-order valence-electron chi connectivity index (χ2n) is 6.43. The van der Waals surface area contributed by atoms with E-state index in [-0.39, 0.29) is 12.4 Å². The van der Waals surface area contributed by atoms with Crippen molar-refractivity contribution < 1.29 is 9.53 Å². The van der Waals surface area contributed by atoms with Crippen molar-refractivity contribution in [1.82, 2.24) is 19.9 Å². The fourth-order valence-electron chi connectivity index (χ4n) is 2.74. The summed E-state index contributed by atoms with van der Waals surface area (Å²) in [4.78, 5) is 28.8. The van der Waals surface area contributed by atoms with E-state index in [0.29, 0.717) is 24.8 Å². The van der Waals surface area contributed by atoms with Gasteiger partial charge in [0.1, 0.15) is 5.82 Å². The van der Waals surface area contributed by atoms with Crippen molar-refractivity contribution in [2.24, 2.45) is 0 Å². The molecule has 1 N–H and O–H groups in total. The average molecular weight is 377 g/mol. The van der Waals surface area contributed by atoms with Gasteiger partial charge in [-0.25, -0.2) is 19.9 Å². The lowest BCUT2D eigenvalue weighted by Crippen LogP contribution is -2.06. The summed E-state index contributed by atoms with van der Waals surface area (Å²) < 4.78 is 4.93. The smallest absolute Gasteiger partial charge is 0.306 e. The summed E-state index contributed by atoms with van der Waals surface area (Å²) in [7, 11) is 0. The van der Waals surface area contributed by atoms with Gasteiger partial charge in [-0.2, -0.15) is 0 Å².